The van der Waals surface area contributed by atoms with E-state index in [1.807, 2.05) is 18.2 Å². The predicted octanol–water partition coefficient (Wildman–Crippen LogP) is 3.30. The SMILES string of the molecule is C[C@@H](C(=O)NCCCN1CCN(c2ccccc2)CC1)n1c(=O)c(C(F)(F)F)nc2ccccc21. The molecule has 2 heterocycles. The molecule has 0 bridgehead atoms. The zero-order chi connectivity index (χ0) is 25.0. The minimum atomic E-state index is -4.91. The first-order valence-corrected chi connectivity index (χ1v) is 11.6. The maximum absolute atomic E-state index is 13.4. The fourth-order valence-electron chi connectivity index (χ4n) is 4.37. The van der Waals surface area contributed by atoms with E-state index < -0.39 is 29.4 Å². The summed E-state index contributed by atoms with van der Waals surface area (Å²) in [6, 6.07) is 15.1. The molecule has 1 amide bonds. The van der Waals surface area contributed by atoms with Gasteiger partial charge in [0.15, 0.2) is 0 Å². The zero-order valence-corrected chi connectivity index (χ0v) is 19.5. The van der Waals surface area contributed by atoms with Gasteiger partial charge in [-0.15, -0.1) is 0 Å². The Morgan fingerprint density at radius 2 is 1.69 bits per heavy atom. The number of rotatable bonds is 7. The molecule has 1 aromatic heterocycles. The summed E-state index contributed by atoms with van der Waals surface area (Å²) >= 11 is 0. The number of nitrogens with one attached hydrogen (secondary N) is 1. The molecule has 0 aliphatic carbocycles. The normalized spacial score (nSPS) is 15.8. The van der Waals surface area contributed by atoms with E-state index in [1.165, 1.54) is 30.8 Å². The van der Waals surface area contributed by atoms with Crippen molar-refractivity contribution in [1.29, 1.82) is 0 Å². The van der Waals surface area contributed by atoms with E-state index in [2.05, 4.69) is 32.2 Å². The van der Waals surface area contributed by atoms with Gasteiger partial charge in [0.1, 0.15) is 6.04 Å². The number of amides is 1. The van der Waals surface area contributed by atoms with Crippen LogP contribution in [-0.4, -0.2) is 59.6 Å². The van der Waals surface area contributed by atoms with Crippen molar-refractivity contribution in [3.63, 3.8) is 0 Å². The van der Waals surface area contributed by atoms with Crippen LogP contribution >= 0.6 is 0 Å². The Balaban J connectivity index is 1.33. The lowest BCUT2D eigenvalue weighted by Gasteiger charge is -2.36. The maximum atomic E-state index is 13.4. The summed E-state index contributed by atoms with van der Waals surface area (Å²) in [4.78, 5) is 33.6. The van der Waals surface area contributed by atoms with Crippen molar-refractivity contribution in [2.45, 2.75) is 25.6 Å². The molecule has 4 rings (SSSR count). The number of benzene rings is 2. The highest BCUT2D eigenvalue weighted by Gasteiger charge is 2.38. The molecule has 0 unspecified atom stereocenters. The lowest BCUT2D eigenvalue weighted by molar-refractivity contribution is -0.142. The van der Waals surface area contributed by atoms with Crippen LogP contribution in [-0.2, 0) is 11.0 Å². The molecule has 0 radical (unpaired) electrons. The minimum Gasteiger partial charge on any atom is -0.369 e. The number of alkyl halides is 3. The molecule has 10 heteroatoms. The lowest BCUT2D eigenvalue weighted by Crippen LogP contribution is -2.47. The van der Waals surface area contributed by atoms with Gasteiger partial charge in [-0.2, -0.15) is 13.2 Å². The standard InChI is InChI=1S/C25H28F3N5O2/c1-18(33-21-11-6-5-10-20(21)30-22(24(33)35)25(26,27)28)23(34)29-12-7-13-31-14-16-32(17-15-31)19-8-3-2-4-9-19/h2-6,8-11,18H,7,12-17H2,1H3,(H,29,34)/t18-/m0/s1. The van der Waals surface area contributed by atoms with Crippen LogP contribution in [0.2, 0.25) is 0 Å². The Morgan fingerprint density at radius 3 is 2.37 bits per heavy atom. The molecule has 35 heavy (non-hydrogen) atoms. The number of carbonyl (C=O) groups is 1. The van der Waals surface area contributed by atoms with Crippen LogP contribution in [0.4, 0.5) is 18.9 Å². The van der Waals surface area contributed by atoms with Gasteiger partial charge in [0.05, 0.1) is 11.0 Å². The molecule has 1 aliphatic rings. The summed E-state index contributed by atoms with van der Waals surface area (Å²) in [5, 5.41) is 2.77. The van der Waals surface area contributed by atoms with Gasteiger partial charge in [0.2, 0.25) is 11.6 Å². The van der Waals surface area contributed by atoms with Crippen molar-refractivity contribution in [2.75, 3.05) is 44.2 Å². The number of fused-ring (bicyclic) bond motifs is 1. The van der Waals surface area contributed by atoms with E-state index in [0.29, 0.717) is 13.0 Å². The first kappa shape index (κ1) is 24.7. The molecule has 1 saturated heterocycles. The van der Waals surface area contributed by atoms with Gasteiger partial charge >= 0.3 is 6.18 Å². The molecule has 186 valence electrons. The first-order chi connectivity index (χ1) is 16.8. The second-order valence-corrected chi connectivity index (χ2v) is 8.61. The molecule has 1 fully saturated rings. The fraction of sp³-hybridized carbons (Fsp3) is 0.400. The molecule has 0 spiro atoms. The van der Waals surface area contributed by atoms with Gasteiger partial charge in [-0.25, -0.2) is 4.98 Å². The van der Waals surface area contributed by atoms with E-state index in [1.54, 1.807) is 6.07 Å². The van der Waals surface area contributed by atoms with Crippen molar-refractivity contribution < 1.29 is 18.0 Å². The van der Waals surface area contributed by atoms with E-state index in [9.17, 15) is 22.8 Å². The van der Waals surface area contributed by atoms with Crippen molar-refractivity contribution in [2.24, 2.45) is 0 Å². The molecular weight excluding hydrogens is 459 g/mol. The summed E-state index contributed by atoms with van der Waals surface area (Å²) in [7, 11) is 0. The number of aromatic nitrogens is 2. The fourth-order valence-corrected chi connectivity index (χ4v) is 4.37. The number of para-hydroxylation sites is 3. The number of carbonyl (C=O) groups excluding carboxylic acids is 1. The average Bonchev–Trinajstić information content (AvgIpc) is 2.86. The molecule has 2 aromatic carbocycles. The second-order valence-electron chi connectivity index (χ2n) is 8.61. The number of hydrogen-bond donors (Lipinski definition) is 1. The summed E-state index contributed by atoms with van der Waals surface area (Å²) in [6.07, 6.45) is -4.22. The van der Waals surface area contributed by atoms with E-state index in [0.717, 1.165) is 37.3 Å². The summed E-state index contributed by atoms with van der Waals surface area (Å²) in [5.74, 6) is -0.509. The Morgan fingerprint density at radius 1 is 1.03 bits per heavy atom. The Hall–Kier alpha value is -3.40. The third-order valence-electron chi connectivity index (χ3n) is 6.27. The van der Waals surface area contributed by atoms with Crippen LogP contribution in [0, 0.1) is 0 Å². The van der Waals surface area contributed by atoms with Crippen molar-refractivity contribution >= 4 is 22.6 Å². The zero-order valence-electron chi connectivity index (χ0n) is 19.5. The van der Waals surface area contributed by atoms with E-state index >= 15 is 0 Å². The van der Waals surface area contributed by atoms with E-state index in [-0.39, 0.29) is 11.0 Å². The van der Waals surface area contributed by atoms with Gasteiger partial charge in [0.25, 0.3) is 5.56 Å². The lowest BCUT2D eigenvalue weighted by atomic mass is 10.2. The average molecular weight is 488 g/mol. The van der Waals surface area contributed by atoms with Crippen LogP contribution < -0.4 is 15.8 Å². The van der Waals surface area contributed by atoms with Crippen molar-refractivity contribution in [1.82, 2.24) is 19.8 Å². The monoisotopic (exact) mass is 487 g/mol. The summed E-state index contributed by atoms with van der Waals surface area (Å²) in [6.45, 7) is 6.27. The molecule has 3 aromatic rings. The van der Waals surface area contributed by atoms with Gasteiger partial charge in [-0.1, -0.05) is 30.3 Å². The Labute approximate surface area is 201 Å². The van der Waals surface area contributed by atoms with Gasteiger partial charge < -0.3 is 10.2 Å². The van der Waals surface area contributed by atoms with Crippen LogP contribution in [0.25, 0.3) is 11.0 Å². The second kappa shape index (κ2) is 10.5. The molecule has 1 aliphatic heterocycles. The van der Waals surface area contributed by atoms with Crippen molar-refractivity contribution in [3.05, 3.63) is 70.6 Å². The highest BCUT2D eigenvalue weighted by atomic mass is 19.4. The highest BCUT2D eigenvalue weighted by molar-refractivity contribution is 5.83. The van der Waals surface area contributed by atoms with Crippen LogP contribution in [0.15, 0.2) is 59.4 Å². The molecule has 1 N–H and O–H groups in total. The molecular formula is C25H28F3N5O2. The number of halogens is 3. The Kier molecular flexibility index (Phi) is 7.39. The number of anilines is 1. The third-order valence-corrected chi connectivity index (χ3v) is 6.27. The number of hydrogen-bond acceptors (Lipinski definition) is 5. The number of nitrogens with zero attached hydrogens (tertiary/aromatic N) is 4. The largest absolute Gasteiger partial charge is 0.438 e. The minimum absolute atomic E-state index is 0.00807. The smallest absolute Gasteiger partial charge is 0.369 e. The Bertz CT molecular complexity index is 1220. The molecule has 1 atom stereocenters. The molecule has 7 nitrogen and oxygen atoms in total. The quantitative estimate of drug-likeness (QED) is 0.518. The highest BCUT2D eigenvalue weighted by Crippen LogP contribution is 2.27. The first-order valence-electron chi connectivity index (χ1n) is 11.6. The van der Waals surface area contributed by atoms with Gasteiger partial charge in [-0.05, 0) is 44.2 Å². The van der Waals surface area contributed by atoms with Crippen LogP contribution in [0.1, 0.15) is 25.1 Å². The third kappa shape index (κ3) is 5.64. The maximum Gasteiger partial charge on any atom is 0.438 e. The van der Waals surface area contributed by atoms with Crippen LogP contribution in [0.5, 0.6) is 0 Å². The van der Waals surface area contributed by atoms with Crippen LogP contribution in [0.3, 0.4) is 0 Å². The van der Waals surface area contributed by atoms with Gasteiger partial charge in [-0.3, -0.25) is 19.1 Å². The topological polar surface area (TPSA) is 70.5 Å². The molecule has 0 saturated carbocycles. The summed E-state index contributed by atoms with van der Waals surface area (Å²) in [5.41, 5.74) is -1.44. The van der Waals surface area contributed by atoms with Gasteiger partial charge in [0, 0.05) is 38.4 Å². The van der Waals surface area contributed by atoms with Crippen molar-refractivity contribution in [3.8, 4) is 0 Å². The summed E-state index contributed by atoms with van der Waals surface area (Å²) < 4.78 is 41.0. The number of piperazine rings is 1. The predicted molar refractivity (Wildman–Crippen MR) is 128 cm³/mol. The van der Waals surface area contributed by atoms with E-state index in [4.69, 9.17) is 0 Å².